The predicted molar refractivity (Wildman–Crippen MR) is 60.2 cm³/mol. The van der Waals surface area contributed by atoms with Gasteiger partial charge in [0.2, 0.25) is 0 Å². The quantitative estimate of drug-likeness (QED) is 0.861. The van der Waals surface area contributed by atoms with E-state index < -0.39 is 0 Å². The molecule has 2 rings (SSSR count). The van der Waals surface area contributed by atoms with Crippen LogP contribution in [0, 0.1) is 0 Å². The number of nitrogens with two attached hydrogens (primary N) is 1. The van der Waals surface area contributed by atoms with E-state index in [1.807, 2.05) is 18.2 Å². The van der Waals surface area contributed by atoms with Gasteiger partial charge in [-0.3, -0.25) is 0 Å². The van der Waals surface area contributed by atoms with E-state index in [0.717, 1.165) is 27.9 Å². The van der Waals surface area contributed by atoms with Gasteiger partial charge in [-0.05, 0) is 36.6 Å². The van der Waals surface area contributed by atoms with Crippen molar-refractivity contribution in [3.63, 3.8) is 0 Å². The van der Waals surface area contributed by atoms with Crippen LogP contribution in [-0.2, 0) is 10.3 Å². The second kappa shape index (κ2) is 3.81. The standard InChI is InChI=1S/C10H11BrClNO/c11-7-1-2-9(12)8(5-7)10(3-4-10)6-14-13/h1-2,5H,3-4,6,13H2. The van der Waals surface area contributed by atoms with E-state index in [4.69, 9.17) is 22.3 Å². The van der Waals surface area contributed by atoms with Crippen LogP contribution in [0.2, 0.25) is 5.02 Å². The molecule has 0 saturated heterocycles. The molecule has 0 aromatic heterocycles. The van der Waals surface area contributed by atoms with Crippen molar-refractivity contribution in [1.29, 1.82) is 0 Å². The van der Waals surface area contributed by atoms with E-state index in [9.17, 15) is 0 Å². The van der Waals surface area contributed by atoms with E-state index in [1.54, 1.807) is 0 Å². The van der Waals surface area contributed by atoms with Crippen LogP contribution in [0.4, 0.5) is 0 Å². The molecule has 14 heavy (non-hydrogen) atoms. The van der Waals surface area contributed by atoms with Crippen molar-refractivity contribution in [2.24, 2.45) is 5.90 Å². The van der Waals surface area contributed by atoms with Crippen LogP contribution < -0.4 is 5.90 Å². The van der Waals surface area contributed by atoms with E-state index in [0.29, 0.717) is 6.61 Å². The number of benzene rings is 1. The van der Waals surface area contributed by atoms with Crippen LogP contribution in [0.15, 0.2) is 22.7 Å². The first kappa shape index (κ1) is 10.4. The molecule has 1 saturated carbocycles. The normalized spacial score (nSPS) is 18.2. The van der Waals surface area contributed by atoms with Gasteiger partial charge in [-0.1, -0.05) is 27.5 Å². The second-order valence-corrected chi connectivity index (χ2v) is 5.04. The molecule has 0 spiro atoms. The summed E-state index contributed by atoms with van der Waals surface area (Å²) in [5.41, 5.74) is 1.20. The Morgan fingerprint density at radius 2 is 2.21 bits per heavy atom. The van der Waals surface area contributed by atoms with E-state index in [-0.39, 0.29) is 5.41 Å². The summed E-state index contributed by atoms with van der Waals surface area (Å²) in [6.45, 7) is 0.545. The maximum absolute atomic E-state index is 6.14. The highest BCUT2D eigenvalue weighted by atomic mass is 79.9. The van der Waals surface area contributed by atoms with E-state index >= 15 is 0 Å². The van der Waals surface area contributed by atoms with Crippen LogP contribution >= 0.6 is 27.5 Å². The summed E-state index contributed by atoms with van der Waals surface area (Å²) in [6.07, 6.45) is 2.20. The minimum Gasteiger partial charge on any atom is -0.304 e. The van der Waals surface area contributed by atoms with Gasteiger partial charge in [0.25, 0.3) is 0 Å². The van der Waals surface area contributed by atoms with Crippen molar-refractivity contribution in [1.82, 2.24) is 0 Å². The summed E-state index contributed by atoms with van der Waals surface area (Å²) in [7, 11) is 0. The molecule has 76 valence electrons. The maximum atomic E-state index is 6.14. The fraction of sp³-hybridized carbons (Fsp3) is 0.400. The van der Waals surface area contributed by atoms with Crippen molar-refractivity contribution < 1.29 is 4.84 Å². The lowest BCUT2D eigenvalue weighted by Crippen LogP contribution is -2.18. The van der Waals surface area contributed by atoms with Crippen molar-refractivity contribution in [2.75, 3.05) is 6.61 Å². The third-order valence-electron chi connectivity index (χ3n) is 2.71. The van der Waals surface area contributed by atoms with Gasteiger partial charge in [-0.25, -0.2) is 5.90 Å². The maximum Gasteiger partial charge on any atom is 0.0776 e. The molecule has 0 radical (unpaired) electrons. The monoisotopic (exact) mass is 275 g/mol. The Labute approximate surface area is 96.5 Å². The molecule has 1 aromatic carbocycles. The van der Waals surface area contributed by atoms with Gasteiger partial charge in [0, 0.05) is 14.9 Å². The van der Waals surface area contributed by atoms with Gasteiger partial charge >= 0.3 is 0 Å². The highest BCUT2D eigenvalue weighted by molar-refractivity contribution is 9.10. The number of halogens is 2. The third-order valence-corrected chi connectivity index (χ3v) is 3.54. The minimum absolute atomic E-state index is 0.0651. The molecule has 2 nitrogen and oxygen atoms in total. The zero-order valence-corrected chi connectivity index (χ0v) is 9.94. The SMILES string of the molecule is NOCC1(c2cc(Br)ccc2Cl)CC1. The largest absolute Gasteiger partial charge is 0.304 e. The molecule has 0 heterocycles. The van der Waals surface area contributed by atoms with Crippen molar-refractivity contribution >= 4 is 27.5 Å². The summed E-state index contributed by atoms with van der Waals surface area (Å²) in [4.78, 5) is 4.74. The summed E-state index contributed by atoms with van der Waals surface area (Å²) in [6, 6.07) is 5.89. The van der Waals surface area contributed by atoms with Crippen LogP contribution in [0.1, 0.15) is 18.4 Å². The van der Waals surface area contributed by atoms with Crippen molar-refractivity contribution in [3.8, 4) is 0 Å². The second-order valence-electron chi connectivity index (χ2n) is 3.72. The number of rotatable bonds is 3. The van der Waals surface area contributed by atoms with Gasteiger partial charge in [-0.15, -0.1) is 0 Å². The molecule has 0 aliphatic heterocycles. The molecular formula is C10H11BrClNO. The molecule has 0 unspecified atom stereocenters. The molecule has 0 atom stereocenters. The molecular weight excluding hydrogens is 265 g/mol. The Kier molecular flexibility index (Phi) is 2.84. The van der Waals surface area contributed by atoms with Gasteiger partial charge in [0.05, 0.1) is 6.61 Å². The predicted octanol–water partition coefficient (Wildman–Crippen LogP) is 3.02. The molecule has 0 amide bonds. The number of hydrogen-bond donors (Lipinski definition) is 1. The fourth-order valence-electron chi connectivity index (χ4n) is 1.71. The highest BCUT2D eigenvalue weighted by Gasteiger charge is 2.45. The molecule has 1 fully saturated rings. The van der Waals surface area contributed by atoms with Gasteiger partial charge in [0.15, 0.2) is 0 Å². The zero-order valence-electron chi connectivity index (χ0n) is 7.59. The molecule has 0 bridgehead atoms. The van der Waals surface area contributed by atoms with Gasteiger partial charge in [-0.2, -0.15) is 0 Å². The lowest BCUT2D eigenvalue weighted by molar-refractivity contribution is 0.116. The highest BCUT2D eigenvalue weighted by Crippen LogP contribution is 2.50. The third kappa shape index (κ3) is 1.82. The molecule has 1 aliphatic rings. The van der Waals surface area contributed by atoms with E-state index in [1.165, 1.54) is 0 Å². The molecule has 1 aromatic rings. The first-order valence-electron chi connectivity index (χ1n) is 4.45. The lowest BCUT2D eigenvalue weighted by atomic mass is 9.97. The average molecular weight is 277 g/mol. The lowest BCUT2D eigenvalue weighted by Gasteiger charge is -2.15. The Balaban J connectivity index is 2.35. The Hall–Kier alpha value is -0.0900. The molecule has 2 N–H and O–H groups in total. The summed E-state index contributed by atoms with van der Waals surface area (Å²) in [5, 5.41) is 0.794. The smallest absolute Gasteiger partial charge is 0.0776 e. The summed E-state index contributed by atoms with van der Waals surface area (Å²) < 4.78 is 1.04. The van der Waals surface area contributed by atoms with E-state index in [2.05, 4.69) is 15.9 Å². The average Bonchev–Trinajstić information content (AvgIpc) is 2.91. The molecule has 4 heteroatoms. The van der Waals surface area contributed by atoms with Crippen LogP contribution in [-0.4, -0.2) is 6.61 Å². The Bertz CT molecular complexity index is 352. The molecule has 1 aliphatic carbocycles. The van der Waals surface area contributed by atoms with Crippen LogP contribution in [0.5, 0.6) is 0 Å². The van der Waals surface area contributed by atoms with Crippen molar-refractivity contribution in [2.45, 2.75) is 18.3 Å². The van der Waals surface area contributed by atoms with Gasteiger partial charge < -0.3 is 4.84 Å². The Morgan fingerprint density at radius 3 is 2.79 bits per heavy atom. The van der Waals surface area contributed by atoms with Crippen molar-refractivity contribution in [3.05, 3.63) is 33.3 Å². The Morgan fingerprint density at radius 1 is 1.50 bits per heavy atom. The number of hydrogen-bond acceptors (Lipinski definition) is 2. The minimum atomic E-state index is 0.0651. The zero-order chi connectivity index (χ0) is 10.2. The summed E-state index contributed by atoms with van der Waals surface area (Å²) >= 11 is 9.58. The van der Waals surface area contributed by atoms with Crippen LogP contribution in [0.25, 0.3) is 0 Å². The first-order chi connectivity index (χ1) is 6.68. The first-order valence-corrected chi connectivity index (χ1v) is 5.62. The summed E-state index contributed by atoms with van der Waals surface area (Å²) in [5.74, 6) is 5.13. The fourth-order valence-corrected chi connectivity index (χ4v) is 2.38. The topological polar surface area (TPSA) is 35.2 Å². The van der Waals surface area contributed by atoms with Gasteiger partial charge in [0.1, 0.15) is 0 Å². The van der Waals surface area contributed by atoms with Crippen LogP contribution in [0.3, 0.4) is 0 Å².